The van der Waals surface area contributed by atoms with E-state index in [2.05, 4.69) is 19.4 Å². The van der Waals surface area contributed by atoms with Gasteiger partial charge in [0.25, 0.3) is 0 Å². The molecular formula is C38H29F2N4NaO8. The first kappa shape index (κ1) is 39.8. The number of pyridine rings is 2. The normalized spacial score (nSPS) is 10.5. The third-order valence-corrected chi connectivity index (χ3v) is 7.97. The molecule has 0 unspecified atom stereocenters. The van der Waals surface area contributed by atoms with E-state index < -0.39 is 29.5 Å². The molecule has 15 heteroatoms. The first-order valence-electron chi connectivity index (χ1n) is 15.3. The fourth-order valence-corrected chi connectivity index (χ4v) is 5.43. The van der Waals surface area contributed by atoms with Crippen molar-refractivity contribution in [1.29, 1.82) is 0 Å². The second-order valence-electron chi connectivity index (χ2n) is 11.4. The van der Waals surface area contributed by atoms with E-state index in [1.807, 2.05) is 0 Å². The number of carbonyl (C=O) groups excluding carboxylic acids is 4. The van der Waals surface area contributed by atoms with Crippen molar-refractivity contribution in [3.8, 4) is 11.5 Å². The average Bonchev–Trinajstić information content (AvgIpc) is 3.13. The number of nitrogens with zero attached hydrogens (tertiary/aromatic N) is 2. The number of hydrogen-bond donors (Lipinski definition) is 3. The van der Waals surface area contributed by atoms with E-state index in [1.165, 1.54) is 42.7 Å². The van der Waals surface area contributed by atoms with E-state index in [1.54, 1.807) is 36.4 Å². The Morgan fingerprint density at radius 1 is 0.642 bits per heavy atom. The minimum Gasteiger partial charge on any atom is -0.870 e. The molecule has 2 aromatic heterocycles. The summed E-state index contributed by atoms with van der Waals surface area (Å²) in [4.78, 5) is 55.4. The summed E-state index contributed by atoms with van der Waals surface area (Å²) in [5.74, 6) is -4.91. The second kappa shape index (κ2) is 17.0. The van der Waals surface area contributed by atoms with Gasteiger partial charge in [0.15, 0.2) is 5.75 Å². The van der Waals surface area contributed by atoms with Gasteiger partial charge in [0.2, 0.25) is 11.8 Å². The molecule has 6 rings (SSSR count). The van der Waals surface area contributed by atoms with Gasteiger partial charge in [-0.2, -0.15) is 0 Å². The summed E-state index contributed by atoms with van der Waals surface area (Å²) >= 11 is 0. The molecule has 2 amide bonds. The van der Waals surface area contributed by atoms with Crippen LogP contribution in [0.5, 0.6) is 11.5 Å². The number of aromatic nitrogens is 2. The second-order valence-corrected chi connectivity index (χ2v) is 11.4. The van der Waals surface area contributed by atoms with E-state index in [9.17, 15) is 38.2 Å². The Hall–Kier alpha value is -5.96. The number of amides is 2. The molecule has 0 aliphatic rings. The molecule has 2 heterocycles. The van der Waals surface area contributed by atoms with Gasteiger partial charge < -0.3 is 31.2 Å². The van der Waals surface area contributed by atoms with Crippen LogP contribution in [-0.4, -0.2) is 53.0 Å². The molecule has 0 atom stereocenters. The van der Waals surface area contributed by atoms with E-state index in [4.69, 9.17) is 11.5 Å². The minimum absolute atomic E-state index is 0. The number of aromatic hydroxyl groups is 1. The number of ether oxygens (including phenoxy) is 2. The number of esters is 2. The third-order valence-electron chi connectivity index (χ3n) is 7.97. The molecule has 0 saturated carbocycles. The van der Waals surface area contributed by atoms with Gasteiger partial charge in [-0.15, -0.1) is 0 Å². The maximum Gasteiger partial charge on any atom is 1.00 e. The van der Waals surface area contributed by atoms with Crippen LogP contribution in [0.15, 0.2) is 85.2 Å². The number of methoxy groups -OCH3 is 2. The van der Waals surface area contributed by atoms with Gasteiger partial charge in [-0.05, 0) is 83.6 Å². The summed E-state index contributed by atoms with van der Waals surface area (Å²) in [5, 5.41) is 23.3. The monoisotopic (exact) mass is 730 g/mol. The molecule has 0 radical (unpaired) electrons. The molecule has 0 bridgehead atoms. The van der Waals surface area contributed by atoms with Gasteiger partial charge in [-0.1, -0.05) is 30.0 Å². The first-order valence-corrected chi connectivity index (χ1v) is 15.3. The van der Waals surface area contributed by atoms with Crippen molar-refractivity contribution in [3.63, 3.8) is 0 Å². The van der Waals surface area contributed by atoms with Crippen molar-refractivity contribution < 1.29 is 77.2 Å². The number of carbonyl (C=O) groups is 4. The van der Waals surface area contributed by atoms with E-state index in [-0.39, 0.29) is 85.6 Å². The number of rotatable bonds is 8. The molecule has 0 spiro atoms. The smallest absolute Gasteiger partial charge is 0.870 e. The van der Waals surface area contributed by atoms with Crippen LogP contribution in [-0.2, 0) is 22.3 Å². The van der Waals surface area contributed by atoms with Crippen molar-refractivity contribution in [3.05, 3.63) is 141 Å². The average molecular weight is 731 g/mol. The van der Waals surface area contributed by atoms with Gasteiger partial charge in [-0.25, -0.2) is 18.4 Å². The summed E-state index contributed by atoms with van der Waals surface area (Å²) in [6.07, 6.45) is 3.85. The number of primary amides is 2. The summed E-state index contributed by atoms with van der Waals surface area (Å²) in [6, 6.07) is 17.5. The predicted octanol–water partition coefficient (Wildman–Crippen LogP) is 1.48. The molecule has 12 nitrogen and oxygen atoms in total. The fourth-order valence-electron chi connectivity index (χ4n) is 5.43. The number of phenols is 1. The van der Waals surface area contributed by atoms with Crippen LogP contribution in [0.3, 0.4) is 0 Å². The number of halogens is 2. The summed E-state index contributed by atoms with van der Waals surface area (Å²) in [7, 11) is 2.30. The van der Waals surface area contributed by atoms with Crippen molar-refractivity contribution in [2.75, 3.05) is 14.2 Å². The van der Waals surface area contributed by atoms with Crippen LogP contribution in [0.1, 0.15) is 63.7 Å². The minimum atomic E-state index is -0.864. The van der Waals surface area contributed by atoms with Crippen LogP contribution in [0.2, 0.25) is 0 Å². The maximum absolute atomic E-state index is 13.0. The number of nitrogens with two attached hydrogens (primary N) is 2. The van der Waals surface area contributed by atoms with Gasteiger partial charge in [0, 0.05) is 34.3 Å². The van der Waals surface area contributed by atoms with E-state index in [0.717, 1.165) is 37.0 Å². The molecule has 0 saturated heterocycles. The zero-order chi connectivity index (χ0) is 37.7. The molecular weight excluding hydrogens is 701 g/mol. The molecule has 4 aromatic carbocycles. The Bertz CT molecular complexity index is 2210. The number of phenolic OH excluding ortho intramolecular Hbond substituents is 1. The number of hydrogen-bond acceptors (Lipinski definition) is 10. The molecule has 53 heavy (non-hydrogen) atoms. The molecule has 0 aliphatic carbocycles. The Labute approximate surface area is 322 Å². The fraction of sp³-hybridized carbons (Fsp3) is 0.105. The predicted molar refractivity (Wildman–Crippen MR) is 183 cm³/mol. The van der Waals surface area contributed by atoms with Gasteiger partial charge in [0.1, 0.15) is 22.7 Å². The Balaban J connectivity index is 0.000000232. The largest absolute Gasteiger partial charge is 1.00 e. The van der Waals surface area contributed by atoms with Crippen molar-refractivity contribution in [1.82, 2.24) is 9.97 Å². The van der Waals surface area contributed by atoms with E-state index in [0.29, 0.717) is 23.8 Å². The zero-order valence-corrected chi connectivity index (χ0v) is 30.6. The molecule has 0 aliphatic heterocycles. The summed E-state index contributed by atoms with van der Waals surface area (Å²) in [5.41, 5.74) is 13.5. The quantitative estimate of drug-likeness (QED) is 0.152. The van der Waals surface area contributed by atoms with Gasteiger partial charge in [-0.3, -0.25) is 19.6 Å². The van der Waals surface area contributed by atoms with Gasteiger partial charge >= 0.3 is 41.5 Å². The number of benzene rings is 4. The summed E-state index contributed by atoms with van der Waals surface area (Å²) in [6.45, 7) is 0. The van der Waals surface area contributed by atoms with Crippen LogP contribution in [0.25, 0.3) is 21.8 Å². The SMILES string of the molecule is COC(=O)c1cc(C(N)=O)c2cc(Cc3ccc(F)cc3)cnc2c1O.COC(=O)c1cc(C(N)=O)c2cc(Cc3ccc(F)cc3)cnc2c1[O-].[Na+]. The molecule has 0 fully saturated rings. The zero-order valence-electron chi connectivity index (χ0n) is 28.6. The Morgan fingerprint density at radius 2 is 1.04 bits per heavy atom. The summed E-state index contributed by atoms with van der Waals surface area (Å²) < 4.78 is 35.2. The first-order chi connectivity index (χ1) is 24.8. The standard InChI is InChI=1S/2C19H15FN2O4.Na/c2*1-26-19(25)15-8-14(18(21)24)13-7-11(9-22-16(13)17(15)23)6-10-2-4-12(20)5-3-10;/h2*2-5,7-9,23H,6H2,1H3,(H2,21,24);/q;;+1/p-1. The third kappa shape index (κ3) is 8.92. The van der Waals surface area contributed by atoms with Crippen LogP contribution < -0.4 is 46.1 Å². The van der Waals surface area contributed by atoms with Crippen molar-refractivity contribution >= 4 is 45.6 Å². The maximum atomic E-state index is 13.0. The Morgan fingerprint density at radius 3 is 1.47 bits per heavy atom. The molecule has 6 aromatic rings. The molecule has 5 N–H and O–H groups in total. The van der Waals surface area contributed by atoms with E-state index >= 15 is 0 Å². The van der Waals surface area contributed by atoms with Crippen LogP contribution >= 0.6 is 0 Å². The Kier molecular flexibility index (Phi) is 12.8. The molecule has 264 valence electrons. The number of fused-ring (bicyclic) bond motifs is 2. The van der Waals surface area contributed by atoms with Crippen LogP contribution in [0.4, 0.5) is 8.78 Å². The van der Waals surface area contributed by atoms with Crippen molar-refractivity contribution in [2.24, 2.45) is 11.5 Å². The van der Waals surface area contributed by atoms with Crippen LogP contribution in [0, 0.1) is 11.6 Å². The van der Waals surface area contributed by atoms with Crippen molar-refractivity contribution in [2.45, 2.75) is 12.8 Å². The van der Waals surface area contributed by atoms with Gasteiger partial charge in [0.05, 0.1) is 25.3 Å². The topological polar surface area (TPSA) is 208 Å².